The first-order valence-electron chi connectivity index (χ1n) is 9.46. The molecule has 1 N–H and O–H groups in total. The molecule has 0 saturated carbocycles. The molecule has 0 radical (unpaired) electrons. The SMILES string of the molecule is COc1cc(OC)cc(C(C)(C)C(O)(CCCCCCl)c2ccccc2)c1. The van der Waals surface area contributed by atoms with Crippen LogP contribution in [0.2, 0.25) is 0 Å². The lowest BCUT2D eigenvalue weighted by Crippen LogP contribution is -2.45. The monoisotopic (exact) mass is 390 g/mol. The molecule has 1 unspecified atom stereocenters. The van der Waals surface area contributed by atoms with Crippen LogP contribution in [-0.4, -0.2) is 25.2 Å². The molecule has 0 bridgehead atoms. The van der Waals surface area contributed by atoms with Crippen molar-refractivity contribution in [1.29, 1.82) is 0 Å². The molecule has 0 aliphatic rings. The number of alkyl halides is 1. The zero-order chi connectivity index (χ0) is 19.9. The zero-order valence-electron chi connectivity index (χ0n) is 16.8. The lowest BCUT2D eigenvalue weighted by molar-refractivity contribution is -0.0418. The summed E-state index contributed by atoms with van der Waals surface area (Å²) in [5.74, 6) is 2.09. The lowest BCUT2D eigenvalue weighted by atomic mass is 9.64. The highest BCUT2D eigenvalue weighted by Gasteiger charge is 2.45. The number of halogens is 1. The highest BCUT2D eigenvalue weighted by molar-refractivity contribution is 6.17. The first kappa shape index (κ1) is 21.6. The van der Waals surface area contributed by atoms with E-state index in [-0.39, 0.29) is 0 Å². The van der Waals surface area contributed by atoms with Gasteiger partial charge in [-0.2, -0.15) is 0 Å². The van der Waals surface area contributed by atoms with Crippen LogP contribution >= 0.6 is 11.6 Å². The minimum Gasteiger partial charge on any atom is -0.497 e. The van der Waals surface area contributed by atoms with Gasteiger partial charge in [0.25, 0.3) is 0 Å². The quantitative estimate of drug-likeness (QED) is 0.419. The van der Waals surface area contributed by atoms with Crippen LogP contribution in [0.5, 0.6) is 11.5 Å². The van der Waals surface area contributed by atoms with Gasteiger partial charge in [0.05, 0.1) is 19.8 Å². The van der Waals surface area contributed by atoms with Crippen molar-refractivity contribution in [3.05, 3.63) is 59.7 Å². The summed E-state index contributed by atoms with van der Waals surface area (Å²) in [6.45, 7) is 4.16. The fourth-order valence-corrected chi connectivity index (χ4v) is 3.78. The van der Waals surface area contributed by atoms with Crippen molar-refractivity contribution >= 4 is 11.6 Å². The molecular weight excluding hydrogens is 360 g/mol. The summed E-state index contributed by atoms with van der Waals surface area (Å²) < 4.78 is 10.9. The standard InChI is InChI=1S/C23H31ClO3/c1-22(2,19-15-20(26-3)17-21(16-19)27-4)23(25,13-9-6-10-14-24)18-11-7-5-8-12-18/h5,7-8,11-12,15-17,25H,6,9-10,13-14H2,1-4H3. The van der Waals surface area contributed by atoms with Crippen LogP contribution in [-0.2, 0) is 11.0 Å². The molecule has 0 fully saturated rings. The van der Waals surface area contributed by atoms with E-state index in [0.717, 1.165) is 41.9 Å². The Morgan fingerprint density at radius 3 is 1.96 bits per heavy atom. The molecule has 0 heterocycles. The third-order valence-corrected chi connectivity index (χ3v) is 5.80. The number of hydrogen-bond donors (Lipinski definition) is 1. The summed E-state index contributed by atoms with van der Waals surface area (Å²) in [5, 5.41) is 12.0. The Bertz CT molecular complexity index is 693. The average molecular weight is 391 g/mol. The molecular formula is C23H31ClO3. The normalized spacial score (nSPS) is 13.9. The van der Waals surface area contributed by atoms with E-state index in [0.29, 0.717) is 12.3 Å². The second-order valence-corrected chi connectivity index (χ2v) is 7.83. The second kappa shape index (κ2) is 9.48. The van der Waals surface area contributed by atoms with Crippen molar-refractivity contribution in [3.8, 4) is 11.5 Å². The van der Waals surface area contributed by atoms with Crippen molar-refractivity contribution in [2.75, 3.05) is 20.1 Å². The van der Waals surface area contributed by atoms with Crippen LogP contribution in [0.15, 0.2) is 48.5 Å². The second-order valence-electron chi connectivity index (χ2n) is 7.45. The van der Waals surface area contributed by atoms with Crippen molar-refractivity contribution in [2.45, 2.75) is 50.5 Å². The van der Waals surface area contributed by atoms with Crippen LogP contribution in [0, 0.1) is 0 Å². The Morgan fingerprint density at radius 1 is 0.852 bits per heavy atom. The summed E-state index contributed by atoms with van der Waals surface area (Å²) in [7, 11) is 3.28. The van der Waals surface area contributed by atoms with Gasteiger partial charge in [-0.15, -0.1) is 11.6 Å². The van der Waals surface area contributed by atoms with E-state index in [4.69, 9.17) is 21.1 Å². The van der Waals surface area contributed by atoms with Gasteiger partial charge >= 0.3 is 0 Å². The minimum absolute atomic E-state index is 0.558. The number of benzene rings is 2. The molecule has 2 aromatic rings. The van der Waals surface area contributed by atoms with Crippen molar-refractivity contribution in [2.24, 2.45) is 0 Å². The summed E-state index contributed by atoms with van der Waals surface area (Å²) in [6.07, 6.45) is 3.51. The van der Waals surface area contributed by atoms with E-state index in [1.54, 1.807) is 14.2 Å². The summed E-state index contributed by atoms with van der Waals surface area (Å²) >= 11 is 5.83. The molecule has 4 heteroatoms. The van der Waals surface area contributed by atoms with Crippen LogP contribution in [0.4, 0.5) is 0 Å². The van der Waals surface area contributed by atoms with Gasteiger partial charge in [0.15, 0.2) is 0 Å². The third-order valence-electron chi connectivity index (χ3n) is 5.53. The first-order chi connectivity index (χ1) is 12.9. The number of hydrogen-bond acceptors (Lipinski definition) is 3. The topological polar surface area (TPSA) is 38.7 Å². The predicted octanol–water partition coefficient (Wildman–Crippen LogP) is 5.67. The van der Waals surface area contributed by atoms with E-state index in [2.05, 4.69) is 13.8 Å². The van der Waals surface area contributed by atoms with E-state index in [9.17, 15) is 5.11 Å². The smallest absolute Gasteiger partial charge is 0.122 e. The first-order valence-corrected chi connectivity index (χ1v) is 10.00. The molecule has 2 rings (SSSR count). The van der Waals surface area contributed by atoms with Crippen LogP contribution in [0.25, 0.3) is 0 Å². The van der Waals surface area contributed by atoms with Gasteiger partial charge in [-0.3, -0.25) is 0 Å². The van der Waals surface area contributed by atoms with Gasteiger partial charge < -0.3 is 14.6 Å². The molecule has 1 atom stereocenters. The number of rotatable bonds is 10. The minimum atomic E-state index is -1.03. The summed E-state index contributed by atoms with van der Waals surface area (Å²) in [6, 6.07) is 15.7. The average Bonchev–Trinajstić information content (AvgIpc) is 2.71. The van der Waals surface area contributed by atoms with Crippen LogP contribution < -0.4 is 9.47 Å². The van der Waals surface area contributed by atoms with Crippen molar-refractivity contribution in [1.82, 2.24) is 0 Å². The number of methoxy groups -OCH3 is 2. The molecule has 27 heavy (non-hydrogen) atoms. The molecule has 148 valence electrons. The fraction of sp³-hybridized carbons (Fsp3) is 0.478. The largest absolute Gasteiger partial charge is 0.497 e. The lowest BCUT2D eigenvalue weighted by Gasteiger charge is -2.44. The molecule has 0 amide bonds. The maximum Gasteiger partial charge on any atom is 0.122 e. The van der Waals surface area contributed by atoms with E-state index in [1.807, 2.05) is 48.5 Å². The molecule has 3 nitrogen and oxygen atoms in total. The Kier molecular flexibility index (Phi) is 7.58. The Hall–Kier alpha value is -1.71. The van der Waals surface area contributed by atoms with Gasteiger partial charge in [-0.25, -0.2) is 0 Å². The van der Waals surface area contributed by atoms with E-state index >= 15 is 0 Å². The van der Waals surface area contributed by atoms with Gasteiger partial charge in [0, 0.05) is 17.4 Å². The molecule has 0 aliphatic carbocycles. The maximum atomic E-state index is 12.0. The zero-order valence-corrected chi connectivity index (χ0v) is 17.6. The van der Waals surface area contributed by atoms with Gasteiger partial charge in [-0.05, 0) is 36.1 Å². The van der Waals surface area contributed by atoms with E-state index < -0.39 is 11.0 Å². The number of aliphatic hydroxyl groups is 1. The number of ether oxygens (including phenoxy) is 2. The summed E-state index contributed by atoms with van der Waals surface area (Å²) in [5.41, 5.74) is 0.305. The highest BCUT2D eigenvalue weighted by Crippen LogP contribution is 2.47. The van der Waals surface area contributed by atoms with Crippen LogP contribution in [0.3, 0.4) is 0 Å². The van der Waals surface area contributed by atoms with Gasteiger partial charge in [0.2, 0.25) is 0 Å². The number of unbranched alkanes of at least 4 members (excludes halogenated alkanes) is 2. The van der Waals surface area contributed by atoms with Crippen LogP contribution in [0.1, 0.15) is 50.7 Å². The third kappa shape index (κ3) is 4.77. The maximum absolute atomic E-state index is 12.0. The van der Waals surface area contributed by atoms with Crippen molar-refractivity contribution < 1.29 is 14.6 Å². The molecule has 2 aromatic carbocycles. The van der Waals surface area contributed by atoms with Crippen molar-refractivity contribution in [3.63, 3.8) is 0 Å². The Balaban J connectivity index is 2.49. The molecule has 0 spiro atoms. The fourth-order valence-electron chi connectivity index (χ4n) is 3.59. The predicted molar refractivity (Wildman–Crippen MR) is 112 cm³/mol. The molecule has 0 saturated heterocycles. The van der Waals surface area contributed by atoms with E-state index in [1.165, 1.54) is 0 Å². The van der Waals surface area contributed by atoms with Gasteiger partial charge in [0.1, 0.15) is 11.5 Å². The highest BCUT2D eigenvalue weighted by atomic mass is 35.5. The summed E-state index contributed by atoms with van der Waals surface area (Å²) in [4.78, 5) is 0. The Labute approximate surface area is 168 Å². The molecule has 0 aliphatic heterocycles. The Morgan fingerprint density at radius 2 is 1.44 bits per heavy atom. The molecule has 0 aromatic heterocycles. The van der Waals surface area contributed by atoms with Gasteiger partial charge in [-0.1, -0.05) is 57.0 Å².